The lowest BCUT2D eigenvalue weighted by atomic mass is 10.1. The van der Waals surface area contributed by atoms with Crippen LogP contribution >= 0.6 is 11.6 Å². The van der Waals surface area contributed by atoms with Gasteiger partial charge in [0.25, 0.3) is 15.6 Å². The second kappa shape index (κ2) is 7.26. The standard InChI is InChI=1S/C19H12ClFN4O3S/c20-19-15(24-29(27,28)16-4-2-1-3-14(16)21)9-13(10-23-19)12-5-6-17-22-8-7-18(26)25(17)11-12/h1-11,24H. The van der Waals surface area contributed by atoms with Gasteiger partial charge in [-0.05, 0) is 30.3 Å². The second-order valence-electron chi connectivity index (χ2n) is 6.03. The number of halogens is 2. The van der Waals surface area contributed by atoms with E-state index < -0.39 is 20.7 Å². The predicted molar refractivity (Wildman–Crippen MR) is 107 cm³/mol. The number of nitrogens with zero attached hydrogens (tertiary/aromatic N) is 3. The topological polar surface area (TPSA) is 93.4 Å². The van der Waals surface area contributed by atoms with Crippen molar-refractivity contribution in [1.29, 1.82) is 0 Å². The first kappa shape index (κ1) is 19.0. The third-order valence-corrected chi connectivity index (χ3v) is 5.83. The van der Waals surface area contributed by atoms with Gasteiger partial charge in [-0.25, -0.2) is 22.8 Å². The highest BCUT2D eigenvalue weighted by atomic mass is 35.5. The number of aromatic nitrogens is 3. The number of hydrogen-bond acceptors (Lipinski definition) is 5. The Bertz CT molecular complexity index is 1410. The maximum absolute atomic E-state index is 13.9. The van der Waals surface area contributed by atoms with Gasteiger partial charge in [0, 0.05) is 35.8 Å². The van der Waals surface area contributed by atoms with Gasteiger partial charge in [0.1, 0.15) is 16.4 Å². The van der Waals surface area contributed by atoms with Crippen LogP contribution in [0.4, 0.5) is 10.1 Å². The summed E-state index contributed by atoms with van der Waals surface area (Å²) in [6, 6.07) is 11.1. The first-order valence-electron chi connectivity index (χ1n) is 8.26. The third kappa shape index (κ3) is 3.69. The molecule has 0 aliphatic carbocycles. The molecular weight excluding hydrogens is 419 g/mol. The number of nitrogens with one attached hydrogen (secondary N) is 1. The number of anilines is 1. The summed E-state index contributed by atoms with van der Waals surface area (Å²) in [6.07, 6.45) is 4.41. The van der Waals surface area contributed by atoms with Gasteiger partial charge in [-0.3, -0.25) is 13.9 Å². The molecular formula is C19H12ClFN4O3S. The largest absolute Gasteiger partial charge is 0.276 e. The van der Waals surface area contributed by atoms with Gasteiger partial charge in [0.15, 0.2) is 5.15 Å². The zero-order valence-electron chi connectivity index (χ0n) is 14.6. The SMILES string of the molecule is O=c1ccnc2ccc(-c3cnc(Cl)c(NS(=O)(=O)c4ccccc4F)c3)cn12. The molecule has 29 heavy (non-hydrogen) atoms. The van der Waals surface area contributed by atoms with Crippen LogP contribution in [-0.4, -0.2) is 22.8 Å². The maximum atomic E-state index is 13.9. The van der Waals surface area contributed by atoms with Crippen LogP contribution in [0.2, 0.25) is 5.15 Å². The monoisotopic (exact) mass is 430 g/mol. The van der Waals surface area contributed by atoms with Crippen molar-refractivity contribution in [3.05, 3.63) is 88.4 Å². The van der Waals surface area contributed by atoms with E-state index in [-0.39, 0.29) is 16.4 Å². The minimum atomic E-state index is -4.22. The molecule has 0 bridgehead atoms. The summed E-state index contributed by atoms with van der Waals surface area (Å²) >= 11 is 6.04. The van der Waals surface area contributed by atoms with E-state index in [2.05, 4.69) is 14.7 Å². The summed E-state index contributed by atoms with van der Waals surface area (Å²) < 4.78 is 42.6. The molecule has 4 rings (SSSR count). The van der Waals surface area contributed by atoms with Gasteiger partial charge < -0.3 is 0 Å². The van der Waals surface area contributed by atoms with E-state index >= 15 is 0 Å². The Morgan fingerprint density at radius 3 is 2.62 bits per heavy atom. The highest BCUT2D eigenvalue weighted by molar-refractivity contribution is 7.92. The van der Waals surface area contributed by atoms with Gasteiger partial charge in [0.2, 0.25) is 0 Å². The van der Waals surface area contributed by atoms with Gasteiger partial charge in [-0.2, -0.15) is 0 Å². The molecule has 0 aliphatic heterocycles. The van der Waals surface area contributed by atoms with Crippen LogP contribution in [-0.2, 0) is 10.0 Å². The third-order valence-electron chi connectivity index (χ3n) is 4.13. The Morgan fingerprint density at radius 1 is 1.03 bits per heavy atom. The van der Waals surface area contributed by atoms with E-state index in [1.165, 1.54) is 41.1 Å². The summed E-state index contributed by atoms with van der Waals surface area (Å²) in [5, 5.41) is -0.103. The molecule has 3 aromatic heterocycles. The second-order valence-corrected chi connectivity index (χ2v) is 8.04. The van der Waals surface area contributed by atoms with Crippen LogP contribution in [0.3, 0.4) is 0 Å². The summed E-state index contributed by atoms with van der Waals surface area (Å²) in [5.74, 6) is -0.887. The smallest absolute Gasteiger partial charge is 0.264 e. The quantitative estimate of drug-likeness (QED) is 0.501. The van der Waals surface area contributed by atoms with Gasteiger partial charge in [-0.15, -0.1) is 0 Å². The zero-order valence-corrected chi connectivity index (χ0v) is 16.2. The van der Waals surface area contributed by atoms with Crippen molar-refractivity contribution in [2.45, 2.75) is 4.90 Å². The van der Waals surface area contributed by atoms with Crippen LogP contribution in [0.15, 0.2) is 76.8 Å². The predicted octanol–water partition coefficient (Wildman–Crippen LogP) is 3.35. The van der Waals surface area contributed by atoms with E-state index in [1.54, 1.807) is 18.3 Å². The zero-order chi connectivity index (χ0) is 20.6. The molecule has 0 fully saturated rings. The molecule has 0 saturated heterocycles. The summed E-state index contributed by atoms with van der Waals surface area (Å²) in [4.78, 5) is 19.6. The normalized spacial score (nSPS) is 11.5. The van der Waals surface area contributed by atoms with Crippen molar-refractivity contribution >= 4 is 33.0 Å². The molecule has 4 aromatic rings. The van der Waals surface area contributed by atoms with Gasteiger partial charge in [0.05, 0.1) is 5.69 Å². The molecule has 146 valence electrons. The molecule has 0 aliphatic rings. The molecule has 0 unspecified atom stereocenters. The highest BCUT2D eigenvalue weighted by Crippen LogP contribution is 2.29. The number of sulfonamides is 1. The van der Waals surface area contributed by atoms with Crippen LogP contribution in [0.1, 0.15) is 0 Å². The average molecular weight is 431 g/mol. The summed E-state index contributed by atoms with van der Waals surface area (Å²) in [5.41, 5.74) is 1.26. The van der Waals surface area contributed by atoms with Crippen LogP contribution < -0.4 is 10.3 Å². The fraction of sp³-hybridized carbons (Fsp3) is 0. The fourth-order valence-electron chi connectivity index (χ4n) is 2.74. The van der Waals surface area contributed by atoms with Crippen LogP contribution in [0.5, 0.6) is 0 Å². The van der Waals surface area contributed by atoms with Gasteiger partial charge in [-0.1, -0.05) is 23.7 Å². The minimum absolute atomic E-state index is 0.0222. The number of rotatable bonds is 4. The van der Waals surface area contributed by atoms with Crippen LogP contribution in [0.25, 0.3) is 16.8 Å². The Balaban J connectivity index is 1.76. The molecule has 3 heterocycles. The van der Waals surface area contributed by atoms with Crippen molar-refractivity contribution in [2.24, 2.45) is 0 Å². The number of fused-ring (bicyclic) bond motifs is 1. The van der Waals surface area contributed by atoms with E-state index in [0.29, 0.717) is 16.8 Å². The van der Waals surface area contributed by atoms with Crippen molar-refractivity contribution in [2.75, 3.05) is 4.72 Å². The van der Waals surface area contributed by atoms with E-state index in [4.69, 9.17) is 11.6 Å². The van der Waals surface area contributed by atoms with E-state index in [0.717, 1.165) is 12.1 Å². The van der Waals surface area contributed by atoms with Crippen molar-refractivity contribution in [3.63, 3.8) is 0 Å². The molecule has 1 aromatic carbocycles. The number of pyridine rings is 2. The lowest BCUT2D eigenvalue weighted by Crippen LogP contribution is -2.15. The highest BCUT2D eigenvalue weighted by Gasteiger charge is 2.20. The minimum Gasteiger partial charge on any atom is -0.276 e. The van der Waals surface area contributed by atoms with Crippen molar-refractivity contribution in [3.8, 4) is 11.1 Å². The molecule has 0 radical (unpaired) electrons. The average Bonchev–Trinajstić information content (AvgIpc) is 2.70. The Kier molecular flexibility index (Phi) is 4.77. The molecule has 0 spiro atoms. The molecule has 0 saturated carbocycles. The molecule has 0 atom stereocenters. The Hall–Kier alpha value is -3.30. The summed E-state index contributed by atoms with van der Waals surface area (Å²) in [7, 11) is -4.22. The fourth-order valence-corrected chi connectivity index (χ4v) is 4.09. The number of benzene rings is 1. The molecule has 0 amide bonds. The van der Waals surface area contributed by atoms with E-state index in [9.17, 15) is 17.6 Å². The first-order valence-corrected chi connectivity index (χ1v) is 10.1. The number of hydrogen-bond donors (Lipinski definition) is 1. The molecule has 10 heteroatoms. The van der Waals surface area contributed by atoms with Crippen molar-refractivity contribution in [1.82, 2.24) is 14.4 Å². The van der Waals surface area contributed by atoms with Gasteiger partial charge >= 0.3 is 0 Å². The van der Waals surface area contributed by atoms with Crippen molar-refractivity contribution < 1.29 is 12.8 Å². The lowest BCUT2D eigenvalue weighted by Gasteiger charge is -2.12. The Morgan fingerprint density at radius 2 is 1.83 bits per heavy atom. The maximum Gasteiger partial charge on any atom is 0.264 e. The Labute approximate surface area is 169 Å². The molecule has 1 N–H and O–H groups in total. The van der Waals surface area contributed by atoms with E-state index in [1.807, 2.05) is 0 Å². The summed E-state index contributed by atoms with van der Waals surface area (Å²) in [6.45, 7) is 0. The molecule has 7 nitrogen and oxygen atoms in total. The first-order chi connectivity index (χ1) is 13.8. The lowest BCUT2D eigenvalue weighted by molar-refractivity contribution is 0.570. The van der Waals surface area contributed by atoms with Crippen LogP contribution in [0, 0.1) is 5.82 Å².